The lowest BCUT2D eigenvalue weighted by molar-refractivity contribution is -0.0501. The summed E-state index contributed by atoms with van der Waals surface area (Å²) in [5.41, 5.74) is -0.288. The molecule has 2 aromatic heterocycles. The lowest BCUT2D eigenvalue weighted by atomic mass is 9.87. The van der Waals surface area contributed by atoms with Crippen LogP contribution in [0, 0.1) is 5.92 Å². The van der Waals surface area contributed by atoms with Crippen LogP contribution in [-0.2, 0) is 11.3 Å². The fraction of sp³-hybridized carbons (Fsp3) is 0.625. The molecule has 0 spiro atoms. The molecule has 2 atom stereocenters. The van der Waals surface area contributed by atoms with E-state index in [4.69, 9.17) is 4.74 Å². The Hall–Kier alpha value is -2.45. The van der Waals surface area contributed by atoms with Crippen molar-refractivity contribution in [3.8, 4) is 5.75 Å². The maximum Gasteiger partial charge on any atom is 0.268 e. The highest BCUT2D eigenvalue weighted by atomic mass is 16.5. The number of morpholine rings is 1. The van der Waals surface area contributed by atoms with Crippen LogP contribution in [0.3, 0.4) is 0 Å². The zero-order chi connectivity index (χ0) is 22.8. The topological polar surface area (TPSA) is 96.7 Å². The van der Waals surface area contributed by atoms with Crippen molar-refractivity contribution in [3.63, 3.8) is 0 Å². The fourth-order valence-corrected chi connectivity index (χ4v) is 4.85. The van der Waals surface area contributed by atoms with Crippen molar-refractivity contribution in [2.75, 3.05) is 19.7 Å². The molecule has 0 radical (unpaired) electrons. The van der Waals surface area contributed by atoms with Gasteiger partial charge in [0.2, 0.25) is 0 Å². The van der Waals surface area contributed by atoms with Crippen molar-refractivity contribution in [1.82, 2.24) is 19.8 Å². The third-order valence-electron chi connectivity index (χ3n) is 6.92. The number of pyridine rings is 2. The minimum Gasteiger partial charge on any atom is -0.506 e. The predicted molar refractivity (Wildman–Crippen MR) is 123 cm³/mol. The van der Waals surface area contributed by atoms with Crippen LogP contribution in [0.2, 0.25) is 0 Å². The van der Waals surface area contributed by atoms with E-state index in [-0.39, 0.29) is 29.5 Å². The molecule has 0 aromatic carbocycles. The molecule has 1 saturated heterocycles. The molecule has 32 heavy (non-hydrogen) atoms. The lowest BCUT2D eigenvalue weighted by Gasteiger charge is -2.36. The molecule has 0 bridgehead atoms. The molecule has 0 unspecified atom stereocenters. The number of fused-ring (bicyclic) bond motifs is 1. The normalized spacial score (nSPS) is 26.8. The summed E-state index contributed by atoms with van der Waals surface area (Å²) in [6.45, 7) is 8.81. The lowest BCUT2D eigenvalue weighted by Crippen LogP contribution is -2.49. The highest BCUT2D eigenvalue weighted by Gasteiger charge is 2.28. The Morgan fingerprint density at radius 3 is 2.72 bits per heavy atom. The Morgan fingerprint density at radius 2 is 1.97 bits per heavy atom. The molecule has 3 heterocycles. The smallest absolute Gasteiger partial charge is 0.268 e. The van der Waals surface area contributed by atoms with E-state index < -0.39 is 11.5 Å². The maximum atomic E-state index is 13.4. The molecule has 2 aromatic rings. The molecular formula is C24H34N4O4. The minimum atomic E-state index is -0.500. The van der Waals surface area contributed by atoms with Gasteiger partial charge in [-0.1, -0.05) is 6.92 Å². The molecule has 4 rings (SSSR count). The van der Waals surface area contributed by atoms with Crippen LogP contribution >= 0.6 is 0 Å². The third-order valence-corrected chi connectivity index (χ3v) is 6.92. The van der Waals surface area contributed by atoms with Crippen molar-refractivity contribution < 1.29 is 14.6 Å². The number of carbonyl (C=O) groups excluding carboxylic acids is 1. The number of hydrogen-bond acceptors (Lipinski definition) is 6. The molecule has 8 nitrogen and oxygen atoms in total. The highest BCUT2D eigenvalue weighted by molar-refractivity contribution is 6.01. The van der Waals surface area contributed by atoms with E-state index in [1.165, 1.54) is 4.57 Å². The van der Waals surface area contributed by atoms with Crippen molar-refractivity contribution in [3.05, 3.63) is 34.2 Å². The molecule has 1 aliphatic carbocycles. The Kier molecular flexibility index (Phi) is 6.81. The molecular weight excluding hydrogens is 408 g/mol. The molecule has 1 amide bonds. The first kappa shape index (κ1) is 22.7. The van der Waals surface area contributed by atoms with Crippen molar-refractivity contribution in [1.29, 1.82) is 0 Å². The van der Waals surface area contributed by atoms with Gasteiger partial charge in [-0.15, -0.1) is 0 Å². The van der Waals surface area contributed by atoms with Gasteiger partial charge >= 0.3 is 0 Å². The van der Waals surface area contributed by atoms with Gasteiger partial charge in [-0.2, -0.15) is 0 Å². The number of rotatable bonds is 5. The monoisotopic (exact) mass is 442 g/mol. The average Bonchev–Trinajstić information content (AvgIpc) is 2.77. The third kappa shape index (κ3) is 4.66. The number of nitrogens with zero attached hydrogens (tertiary/aromatic N) is 3. The SMILES string of the molecule is CC1CCC(NC(=O)c2c(O)c3cccnc3n(CCN3C[C@@H](C)OC[C@H]3C)c2=O)CC1. The quantitative estimate of drug-likeness (QED) is 0.739. The number of ether oxygens (including phenoxy) is 1. The van der Waals surface area contributed by atoms with E-state index in [2.05, 4.69) is 29.0 Å². The van der Waals surface area contributed by atoms with Crippen LogP contribution in [0.5, 0.6) is 5.75 Å². The number of aromatic nitrogens is 2. The van der Waals surface area contributed by atoms with Crippen LogP contribution in [0.1, 0.15) is 56.8 Å². The molecule has 2 aliphatic rings. The van der Waals surface area contributed by atoms with Crippen molar-refractivity contribution >= 4 is 16.9 Å². The van der Waals surface area contributed by atoms with Crippen LogP contribution in [0.15, 0.2) is 23.1 Å². The van der Waals surface area contributed by atoms with E-state index in [1.54, 1.807) is 18.3 Å². The first-order valence-corrected chi connectivity index (χ1v) is 11.7. The summed E-state index contributed by atoms with van der Waals surface area (Å²) in [7, 11) is 0. The summed E-state index contributed by atoms with van der Waals surface area (Å²) in [5.74, 6) is -0.130. The van der Waals surface area contributed by atoms with E-state index in [1.807, 2.05) is 6.92 Å². The zero-order valence-corrected chi connectivity index (χ0v) is 19.2. The van der Waals surface area contributed by atoms with E-state index in [9.17, 15) is 14.7 Å². The van der Waals surface area contributed by atoms with Crippen LogP contribution in [0.4, 0.5) is 0 Å². The summed E-state index contributed by atoms with van der Waals surface area (Å²) in [5, 5.41) is 14.3. The Bertz CT molecular complexity index is 1030. The second-order valence-electron chi connectivity index (χ2n) is 9.47. The Morgan fingerprint density at radius 1 is 1.22 bits per heavy atom. The number of nitrogens with one attached hydrogen (secondary N) is 1. The van der Waals surface area contributed by atoms with Gasteiger partial charge in [0.05, 0.1) is 18.1 Å². The fourth-order valence-electron chi connectivity index (χ4n) is 4.85. The number of hydrogen-bond donors (Lipinski definition) is 2. The molecule has 1 aliphatic heterocycles. The molecule has 2 N–H and O–H groups in total. The Labute approximate surface area is 188 Å². The van der Waals surface area contributed by atoms with E-state index >= 15 is 0 Å². The van der Waals surface area contributed by atoms with Crippen molar-refractivity contribution in [2.24, 2.45) is 5.92 Å². The maximum absolute atomic E-state index is 13.4. The van der Waals surface area contributed by atoms with Crippen LogP contribution < -0.4 is 10.9 Å². The second kappa shape index (κ2) is 9.58. The van der Waals surface area contributed by atoms with Gasteiger partial charge in [-0.25, -0.2) is 4.98 Å². The zero-order valence-electron chi connectivity index (χ0n) is 19.2. The van der Waals surface area contributed by atoms with E-state index in [0.29, 0.717) is 36.6 Å². The van der Waals surface area contributed by atoms with Crippen molar-refractivity contribution in [2.45, 2.75) is 71.2 Å². The largest absolute Gasteiger partial charge is 0.506 e. The van der Waals surface area contributed by atoms with Crippen LogP contribution in [-0.4, -0.2) is 63.3 Å². The minimum absolute atomic E-state index is 0.0335. The summed E-state index contributed by atoms with van der Waals surface area (Å²) >= 11 is 0. The number of carbonyl (C=O) groups is 1. The molecule has 2 fully saturated rings. The summed E-state index contributed by atoms with van der Waals surface area (Å²) in [4.78, 5) is 33.2. The predicted octanol–water partition coefficient (Wildman–Crippen LogP) is 2.52. The van der Waals surface area contributed by atoms with E-state index in [0.717, 1.165) is 32.2 Å². The van der Waals surface area contributed by atoms with Gasteiger partial charge in [0.15, 0.2) is 0 Å². The highest BCUT2D eigenvalue weighted by Crippen LogP contribution is 2.27. The summed E-state index contributed by atoms with van der Waals surface area (Å²) in [6, 6.07) is 3.68. The Balaban J connectivity index is 1.63. The second-order valence-corrected chi connectivity index (χ2v) is 9.47. The average molecular weight is 443 g/mol. The van der Waals surface area contributed by atoms with Gasteiger partial charge in [-0.3, -0.25) is 19.1 Å². The number of amides is 1. The first-order chi connectivity index (χ1) is 15.3. The molecule has 174 valence electrons. The van der Waals surface area contributed by atoms with Gasteiger partial charge in [-0.05, 0) is 57.6 Å². The van der Waals surface area contributed by atoms with Crippen LogP contribution in [0.25, 0.3) is 11.0 Å². The van der Waals surface area contributed by atoms with Gasteiger partial charge < -0.3 is 15.2 Å². The summed E-state index contributed by atoms with van der Waals surface area (Å²) in [6.07, 6.45) is 5.63. The molecule has 1 saturated carbocycles. The van der Waals surface area contributed by atoms with Gasteiger partial charge in [0, 0.05) is 37.9 Å². The van der Waals surface area contributed by atoms with Gasteiger partial charge in [0.1, 0.15) is 17.0 Å². The molecule has 8 heteroatoms. The van der Waals surface area contributed by atoms with Gasteiger partial charge in [0.25, 0.3) is 11.5 Å². The standard InChI is InChI=1S/C24H34N4O4/c1-15-6-8-18(9-7-15)26-23(30)20-21(29)19-5-4-10-25-22(19)28(24(20)31)12-11-27-13-17(3)32-14-16(27)2/h4-5,10,15-18,29H,6-9,11-14H2,1-3H3,(H,26,30)/t15?,16-,17-,18?/m1/s1. The first-order valence-electron chi connectivity index (χ1n) is 11.7. The number of aromatic hydroxyl groups is 1. The summed E-state index contributed by atoms with van der Waals surface area (Å²) < 4.78 is 7.23.